The Hall–Kier alpha value is -1.23. The summed E-state index contributed by atoms with van der Waals surface area (Å²) in [5.41, 5.74) is 0.110. The highest BCUT2D eigenvalue weighted by atomic mass is 127. The van der Waals surface area contributed by atoms with Crippen molar-refractivity contribution in [2.24, 2.45) is 0 Å². The van der Waals surface area contributed by atoms with E-state index in [9.17, 15) is 23.3 Å². The summed E-state index contributed by atoms with van der Waals surface area (Å²) in [4.78, 5) is 25.0. The first-order valence-electron chi connectivity index (χ1n) is 7.70. The average Bonchev–Trinajstić information content (AvgIpc) is 2.87. The van der Waals surface area contributed by atoms with Crippen molar-refractivity contribution in [2.45, 2.75) is 32.2 Å². The summed E-state index contributed by atoms with van der Waals surface area (Å²) in [6.45, 7) is 2.44. The van der Waals surface area contributed by atoms with Crippen molar-refractivity contribution in [2.75, 3.05) is 18.1 Å². The molecule has 1 atom stereocenters. The van der Waals surface area contributed by atoms with E-state index < -0.39 is 14.8 Å². The highest BCUT2D eigenvalue weighted by Crippen LogP contribution is 2.25. The van der Waals surface area contributed by atoms with Gasteiger partial charge in [0.2, 0.25) is 0 Å². The minimum atomic E-state index is -3.12. The molecule has 24 heavy (non-hydrogen) atoms. The summed E-state index contributed by atoms with van der Waals surface area (Å²) in [6.07, 6.45) is 2.05. The highest BCUT2D eigenvalue weighted by molar-refractivity contribution is 14.1. The van der Waals surface area contributed by atoms with Crippen molar-refractivity contribution < 1.29 is 18.1 Å². The maximum Gasteiger partial charge on any atom is 0.270 e. The van der Waals surface area contributed by atoms with Gasteiger partial charge in [-0.3, -0.25) is 14.9 Å². The fourth-order valence-corrected chi connectivity index (χ4v) is 5.04. The molecule has 0 saturated carbocycles. The lowest BCUT2D eigenvalue weighted by molar-refractivity contribution is -0.384. The number of nitro benzene ring substituents is 1. The van der Waals surface area contributed by atoms with Crippen LogP contribution in [0.15, 0.2) is 18.2 Å². The van der Waals surface area contributed by atoms with E-state index >= 15 is 0 Å². The zero-order valence-corrected chi connectivity index (χ0v) is 16.2. The zero-order valence-electron chi connectivity index (χ0n) is 13.3. The van der Waals surface area contributed by atoms with E-state index in [0.717, 1.165) is 12.8 Å². The molecule has 1 fully saturated rings. The Morgan fingerprint density at radius 3 is 2.71 bits per heavy atom. The summed E-state index contributed by atoms with van der Waals surface area (Å²) >= 11 is 1.97. The van der Waals surface area contributed by atoms with Gasteiger partial charge in [0, 0.05) is 28.3 Å². The molecule has 1 aromatic carbocycles. The number of rotatable bonds is 6. The second-order valence-corrected chi connectivity index (χ2v) is 9.22. The lowest BCUT2D eigenvalue weighted by atomic mass is 10.1. The first-order chi connectivity index (χ1) is 11.2. The number of sulfone groups is 1. The monoisotopic (exact) mass is 466 g/mol. The van der Waals surface area contributed by atoms with Gasteiger partial charge in [0.1, 0.15) is 0 Å². The maximum absolute atomic E-state index is 12.9. The van der Waals surface area contributed by atoms with Crippen LogP contribution in [-0.4, -0.2) is 48.2 Å². The topological polar surface area (TPSA) is 97.6 Å². The molecule has 1 aliphatic rings. The molecule has 0 radical (unpaired) electrons. The molecule has 9 heteroatoms. The van der Waals surface area contributed by atoms with Gasteiger partial charge in [0.05, 0.1) is 22.0 Å². The largest absolute Gasteiger partial charge is 0.335 e. The number of benzene rings is 1. The van der Waals surface area contributed by atoms with Crippen LogP contribution in [0, 0.1) is 13.7 Å². The van der Waals surface area contributed by atoms with Crippen LogP contribution in [0.1, 0.15) is 36.5 Å². The lowest BCUT2D eigenvalue weighted by Crippen LogP contribution is -2.42. The molecule has 1 amide bonds. The van der Waals surface area contributed by atoms with Crippen LogP contribution < -0.4 is 0 Å². The third-order valence-corrected chi connectivity index (χ3v) is 6.74. The SMILES string of the molecule is CCCCN(C(=O)c1cc([N+](=O)[O-])ccc1I)C1CCS(=O)(=O)C1. The Labute approximate surface area is 154 Å². The molecular formula is C15H19IN2O5S. The number of unbranched alkanes of at least 4 members (excludes halogenated alkanes) is 1. The van der Waals surface area contributed by atoms with Crippen LogP contribution in [0.4, 0.5) is 5.69 Å². The number of nitrogens with zero attached hydrogens (tertiary/aromatic N) is 2. The van der Waals surface area contributed by atoms with Gasteiger partial charge < -0.3 is 4.90 Å². The number of carbonyl (C=O) groups is 1. The van der Waals surface area contributed by atoms with Crippen LogP contribution in [0.25, 0.3) is 0 Å². The number of non-ortho nitro benzene ring substituents is 1. The van der Waals surface area contributed by atoms with Crippen molar-refractivity contribution in [1.29, 1.82) is 0 Å². The van der Waals surface area contributed by atoms with Crippen LogP contribution >= 0.6 is 22.6 Å². The molecule has 0 aromatic heterocycles. The van der Waals surface area contributed by atoms with Crippen molar-refractivity contribution in [3.8, 4) is 0 Å². The zero-order chi connectivity index (χ0) is 17.9. The maximum atomic E-state index is 12.9. The van der Waals surface area contributed by atoms with Crippen LogP contribution in [0.5, 0.6) is 0 Å². The summed E-state index contributed by atoms with van der Waals surface area (Å²) < 4.78 is 24.1. The van der Waals surface area contributed by atoms with E-state index in [2.05, 4.69) is 0 Å². The molecule has 1 unspecified atom stereocenters. The normalized spacial score (nSPS) is 19.2. The Kier molecular flexibility index (Phi) is 6.18. The summed E-state index contributed by atoms with van der Waals surface area (Å²) in [5, 5.41) is 11.0. The van der Waals surface area contributed by atoms with Crippen LogP contribution in [0.2, 0.25) is 0 Å². The quantitative estimate of drug-likeness (QED) is 0.365. The number of halogens is 1. The van der Waals surface area contributed by atoms with E-state index in [4.69, 9.17) is 0 Å². The third kappa shape index (κ3) is 4.44. The van der Waals surface area contributed by atoms with Gasteiger partial charge in [-0.05, 0) is 41.5 Å². The van der Waals surface area contributed by atoms with Gasteiger partial charge in [-0.25, -0.2) is 8.42 Å². The standard InChI is InChI=1S/C15H19IN2O5S/c1-2-3-7-17(12-6-8-24(22,23)10-12)15(19)13-9-11(18(20)21)4-5-14(13)16/h4-5,9,12H,2-3,6-8,10H2,1H3. The molecule has 1 saturated heterocycles. The van der Waals surface area contributed by atoms with E-state index in [-0.39, 0.29) is 34.7 Å². The van der Waals surface area contributed by atoms with E-state index in [1.807, 2.05) is 29.5 Å². The van der Waals surface area contributed by atoms with Crippen molar-refractivity contribution in [3.63, 3.8) is 0 Å². The van der Waals surface area contributed by atoms with E-state index in [1.54, 1.807) is 4.90 Å². The number of hydrogen-bond acceptors (Lipinski definition) is 5. The molecule has 0 spiro atoms. The molecular weight excluding hydrogens is 447 g/mol. The molecule has 0 N–H and O–H groups in total. The third-order valence-electron chi connectivity index (χ3n) is 4.05. The Morgan fingerprint density at radius 1 is 1.46 bits per heavy atom. The Morgan fingerprint density at radius 2 is 2.17 bits per heavy atom. The second-order valence-electron chi connectivity index (χ2n) is 5.83. The lowest BCUT2D eigenvalue weighted by Gasteiger charge is -2.28. The van der Waals surface area contributed by atoms with E-state index in [1.165, 1.54) is 18.2 Å². The minimum Gasteiger partial charge on any atom is -0.335 e. The molecule has 1 aromatic rings. The van der Waals surface area contributed by atoms with Crippen molar-refractivity contribution in [3.05, 3.63) is 37.4 Å². The van der Waals surface area contributed by atoms with Crippen LogP contribution in [-0.2, 0) is 9.84 Å². The fourth-order valence-electron chi connectivity index (χ4n) is 2.75. The molecule has 7 nitrogen and oxygen atoms in total. The van der Waals surface area contributed by atoms with Gasteiger partial charge in [0.25, 0.3) is 11.6 Å². The predicted molar refractivity (Wildman–Crippen MR) is 98.8 cm³/mol. The van der Waals surface area contributed by atoms with Crippen molar-refractivity contribution >= 4 is 44.0 Å². The molecule has 2 rings (SSSR count). The number of carbonyl (C=O) groups excluding carboxylic acids is 1. The average molecular weight is 466 g/mol. The Balaban J connectivity index is 2.34. The predicted octanol–water partition coefficient (Wildman–Crippen LogP) is 2.63. The number of amides is 1. The van der Waals surface area contributed by atoms with Crippen molar-refractivity contribution in [1.82, 2.24) is 4.90 Å². The number of nitro groups is 1. The van der Waals surface area contributed by atoms with Gasteiger partial charge >= 0.3 is 0 Å². The fraction of sp³-hybridized carbons (Fsp3) is 0.533. The smallest absolute Gasteiger partial charge is 0.270 e. The molecule has 0 bridgehead atoms. The van der Waals surface area contributed by atoms with Gasteiger partial charge in [-0.2, -0.15) is 0 Å². The molecule has 1 aliphatic heterocycles. The second kappa shape index (κ2) is 7.77. The Bertz CT molecular complexity index is 750. The highest BCUT2D eigenvalue weighted by Gasteiger charge is 2.35. The number of hydrogen-bond donors (Lipinski definition) is 0. The van der Waals surface area contributed by atoms with Crippen LogP contribution in [0.3, 0.4) is 0 Å². The van der Waals surface area contributed by atoms with Gasteiger partial charge in [-0.1, -0.05) is 13.3 Å². The van der Waals surface area contributed by atoms with Gasteiger partial charge in [0.15, 0.2) is 9.84 Å². The molecule has 1 heterocycles. The minimum absolute atomic E-state index is 0.0338. The van der Waals surface area contributed by atoms with Gasteiger partial charge in [-0.15, -0.1) is 0 Å². The summed E-state index contributed by atoms with van der Waals surface area (Å²) in [7, 11) is -3.12. The first-order valence-corrected chi connectivity index (χ1v) is 10.6. The summed E-state index contributed by atoms with van der Waals surface area (Å²) in [6, 6.07) is 3.81. The first kappa shape index (κ1) is 19.1. The van der Waals surface area contributed by atoms with E-state index in [0.29, 0.717) is 16.5 Å². The molecule has 132 valence electrons. The summed E-state index contributed by atoms with van der Waals surface area (Å²) in [5.74, 6) is -0.285. The molecule has 0 aliphatic carbocycles.